The number of hydrogen-bond acceptors (Lipinski definition) is 4. The van der Waals surface area contributed by atoms with Gasteiger partial charge < -0.3 is 20.1 Å². The fourth-order valence-corrected chi connectivity index (χ4v) is 2.25. The zero-order valence-electron chi connectivity index (χ0n) is 12.7. The van der Waals surface area contributed by atoms with Crippen LogP contribution in [0.15, 0.2) is 4.99 Å². The van der Waals surface area contributed by atoms with E-state index >= 15 is 0 Å². The Bertz CT molecular complexity index is 264. The van der Waals surface area contributed by atoms with Crippen molar-refractivity contribution in [3.63, 3.8) is 0 Å². The van der Waals surface area contributed by atoms with Crippen LogP contribution in [0.2, 0.25) is 0 Å². The Hall–Kier alpha value is 0.270. The Labute approximate surface area is 144 Å². The maximum absolute atomic E-state index is 5.78. The zero-order chi connectivity index (χ0) is 13.9. The van der Waals surface area contributed by atoms with Crippen LogP contribution in [0, 0.1) is 0 Å². The van der Waals surface area contributed by atoms with Gasteiger partial charge in [-0.1, -0.05) is 0 Å². The van der Waals surface area contributed by atoms with E-state index in [-0.39, 0.29) is 36.1 Å². The molecule has 0 bridgehead atoms. The highest BCUT2D eigenvalue weighted by Gasteiger charge is 2.17. The largest absolute Gasteiger partial charge is 0.379 e. The quantitative estimate of drug-likeness (QED) is 0.273. The smallest absolute Gasteiger partial charge is 0.191 e. The molecule has 1 fully saturated rings. The highest BCUT2D eigenvalue weighted by atomic mass is 127. The first-order chi connectivity index (χ1) is 9.26. The van der Waals surface area contributed by atoms with Crippen LogP contribution < -0.4 is 10.6 Å². The lowest BCUT2D eigenvalue weighted by Crippen LogP contribution is -2.44. The van der Waals surface area contributed by atoms with Crippen molar-refractivity contribution in [1.82, 2.24) is 10.6 Å². The Morgan fingerprint density at radius 1 is 1.55 bits per heavy atom. The average molecular weight is 417 g/mol. The van der Waals surface area contributed by atoms with Crippen molar-refractivity contribution in [3.05, 3.63) is 0 Å². The van der Waals surface area contributed by atoms with Gasteiger partial charge in [0, 0.05) is 26.2 Å². The molecular formula is C13H28IN3O2S. The predicted octanol–water partition coefficient (Wildman–Crippen LogP) is 1.72. The molecule has 2 atom stereocenters. The van der Waals surface area contributed by atoms with E-state index in [9.17, 15) is 0 Å². The van der Waals surface area contributed by atoms with Crippen molar-refractivity contribution >= 4 is 41.7 Å². The summed E-state index contributed by atoms with van der Waals surface area (Å²) in [5.41, 5.74) is 0. The van der Waals surface area contributed by atoms with Gasteiger partial charge in [0.15, 0.2) is 5.96 Å². The monoisotopic (exact) mass is 417 g/mol. The van der Waals surface area contributed by atoms with Crippen LogP contribution in [-0.4, -0.2) is 63.5 Å². The fourth-order valence-electron chi connectivity index (χ4n) is 1.82. The third-order valence-corrected chi connectivity index (χ3v) is 3.59. The molecule has 1 heterocycles. The third kappa shape index (κ3) is 9.25. The van der Waals surface area contributed by atoms with Crippen LogP contribution in [0.4, 0.5) is 0 Å². The van der Waals surface area contributed by atoms with E-state index in [0.717, 1.165) is 38.6 Å². The average Bonchev–Trinajstić information content (AvgIpc) is 2.93. The molecule has 20 heavy (non-hydrogen) atoms. The van der Waals surface area contributed by atoms with Crippen molar-refractivity contribution in [2.24, 2.45) is 4.99 Å². The molecule has 0 aromatic carbocycles. The Morgan fingerprint density at radius 2 is 2.35 bits per heavy atom. The fraction of sp³-hybridized carbons (Fsp3) is 0.923. The summed E-state index contributed by atoms with van der Waals surface area (Å²) in [7, 11) is 1.79. The first-order valence-corrected chi connectivity index (χ1v) is 8.31. The lowest BCUT2D eigenvalue weighted by molar-refractivity contribution is 0.0347. The summed E-state index contributed by atoms with van der Waals surface area (Å²) in [6.45, 7) is 5.29. The number of nitrogens with zero attached hydrogens (tertiary/aromatic N) is 1. The van der Waals surface area contributed by atoms with Gasteiger partial charge in [-0.15, -0.1) is 24.0 Å². The zero-order valence-corrected chi connectivity index (χ0v) is 15.8. The van der Waals surface area contributed by atoms with Gasteiger partial charge in [0.25, 0.3) is 0 Å². The first-order valence-electron chi connectivity index (χ1n) is 6.91. The van der Waals surface area contributed by atoms with Gasteiger partial charge in [0.1, 0.15) is 0 Å². The Balaban J connectivity index is 0.00000361. The summed E-state index contributed by atoms with van der Waals surface area (Å²) in [6, 6.07) is 0.243. The molecule has 0 spiro atoms. The molecule has 0 amide bonds. The van der Waals surface area contributed by atoms with E-state index in [1.165, 1.54) is 5.75 Å². The number of halogens is 1. The lowest BCUT2D eigenvalue weighted by atomic mass is 10.3. The van der Waals surface area contributed by atoms with E-state index in [0.29, 0.717) is 6.61 Å². The molecule has 1 saturated heterocycles. The molecule has 2 N–H and O–H groups in total. The summed E-state index contributed by atoms with van der Waals surface area (Å²) in [6.07, 6.45) is 4.54. The van der Waals surface area contributed by atoms with E-state index in [1.54, 1.807) is 7.05 Å². The number of guanidine groups is 1. The van der Waals surface area contributed by atoms with E-state index in [2.05, 4.69) is 28.8 Å². The normalized spacial score (nSPS) is 20.4. The minimum Gasteiger partial charge on any atom is -0.379 e. The predicted molar refractivity (Wildman–Crippen MR) is 97.5 cm³/mol. The van der Waals surface area contributed by atoms with E-state index < -0.39 is 0 Å². The number of thioether (sulfide) groups is 1. The molecule has 1 aliphatic rings. The third-order valence-electron chi connectivity index (χ3n) is 2.89. The second-order valence-corrected chi connectivity index (χ2v) is 5.70. The summed E-state index contributed by atoms with van der Waals surface area (Å²) < 4.78 is 11.1. The van der Waals surface area contributed by atoms with Gasteiger partial charge in [-0.25, -0.2) is 0 Å². The van der Waals surface area contributed by atoms with E-state index in [1.807, 2.05) is 11.8 Å². The molecule has 0 saturated carbocycles. The van der Waals surface area contributed by atoms with Gasteiger partial charge in [0.2, 0.25) is 0 Å². The molecule has 0 aromatic rings. The SMILES string of the molecule is CN=C(NCCCSC)NC(C)COC1CCOC1.I. The number of nitrogens with one attached hydrogen (secondary N) is 2. The molecule has 0 aliphatic carbocycles. The topological polar surface area (TPSA) is 54.9 Å². The van der Waals surface area contributed by atoms with Crippen LogP contribution in [0.3, 0.4) is 0 Å². The van der Waals surface area contributed by atoms with Gasteiger partial charge in [-0.05, 0) is 31.8 Å². The molecule has 1 aliphatic heterocycles. The number of hydrogen-bond donors (Lipinski definition) is 2. The van der Waals surface area contributed by atoms with Gasteiger partial charge >= 0.3 is 0 Å². The van der Waals surface area contributed by atoms with Crippen molar-refractivity contribution in [3.8, 4) is 0 Å². The highest BCUT2D eigenvalue weighted by Crippen LogP contribution is 2.08. The molecule has 0 radical (unpaired) electrons. The highest BCUT2D eigenvalue weighted by molar-refractivity contribution is 14.0. The van der Waals surface area contributed by atoms with Crippen molar-refractivity contribution in [1.29, 1.82) is 0 Å². The van der Waals surface area contributed by atoms with Gasteiger partial charge in [-0.3, -0.25) is 4.99 Å². The Morgan fingerprint density at radius 3 is 2.95 bits per heavy atom. The summed E-state index contributed by atoms with van der Waals surface area (Å²) in [5, 5.41) is 6.64. The molecule has 2 unspecified atom stereocenters. The van der Waals surface area contributed by atoms with Gasteiger partial charge in [0.05, 0.1) is 19.3 Å². The van der Waals surface area contributed by atoms with Crippen molar-refractivity contribution in [2.45, 2.75) is 31.9 Å². The second kappa shape index (κ2) is 13.0. The standard InChI is InChI=1S/C13H27N3O2S.HI/c1-11(9-18-12-5-7-17-10-12)16-13(14-2)15-6-4-8-19-3;/h11-12H,4-10H2,1-3H3,(H2,14,15,16);1H. The van der Waals surface area contributed by atoms with Crippen LogP contribution >= 0.6 is 35.7 Å². The van der Waals surface area contributed by atoms with Crippen LogP contribution in [-0.2, 0) is 9.47 Å². The minimum atomic E-state index is 0. The van der Waals surface area contributed by atoms with Crippen LogP contribution in [0.1, 0.15) is 19.8 Å². The summed E-state index contributed by atoms with van der Waals surface area (Å²) in [5.74, 6) is 2.02. The van der Waals surface area contributed by atoms with Crippen molar-refractivity contribution in [2.75, 3.05) is 45.4 Å². The second-order valence-electron chi connectivity index (χ2n) is 4.71. The lowest BCUT2D eigenvalue weighted by Gasteiger charge is -2.19. The van der Waals surface area contributed by atoms with E-state index in [4.69, 9.17) is 9.47 Å². The summed E-state index contributed by atoms with van der Waals surface area (Å²) in [4.78, 5) is 4.21. The Kier molecular flexibility index (Phi) is 13.1. The first kappa shape index (κ1) is 20.3. The molecule has 5 nitrogen and oxygen atoms in total. The summed E-state index contributed by atoms with van der Waals surface area (Å²) >= 11 is 1.86. The van der Waals surface area contributed by atoms with Crippen LogP contribution in [0.5, 0.6) is 0 Å². The van der Waals surface area contributed by atoms with Gasteiger partial charge in [-0.2, -0.15) is 11.8 Å². The number of aliphatic imine (C=N–C) groups is 1. The molecule has 1 rings (SSSR count). The maximum Gasteiger partial charge on any atom is 0.191 e. The minimum absolute atomic E-state index is 0. The molecule has 0 aromatic heterocycles. The molecular weight excluding hydrogens is 389 g/mol. The van der Waals surface area contributed by atoms with Crippen molar-refractivity contribution < 1.29 is 9.47 Å². The maximum atomic E-state index is 5.78. The van der Waals surface area contributed by atoms with Crippen LogP contribution in [0.25, 0.3) is 0 Å². The number of rotatable bonds is 8. The molecule has 120 valence electrons. The number of ether oxygens (including phenoxy) is 2. The molecule has 7 heteroatoms.